The predicted octanol–water partition coefficient (Wildman–Crippen LogP) is 3.00. The summed E-state index contributed by atoms with van der Waals surface area (Å²) in [6.45, 7) is 1.09. The van der Waals surface area contributed by atoms with Gasteiger partial charge in [0.25, 0.3) is 5.91 Å². The van der Waals surface area contributed by atoms with Crippen molar-refractivity contribution in [2.24, 2.45) is 5.73 Å². The first-order valence-electron chi connectivity index (χ1n) is 10.4. The van der Waals surface area contributed by atoms with Gasteiger partial charge < -0.3 is 20.5 Å². The maximum atomic E-state index is 14.4. The second-order valence-electron chi connectivity index (χ2n) is 7.56. The van der Waals surface area contributed by atoms with E-state index in [0.717, 1.165) is 23.7 Å². The number of imidazole rings is 1. The third-order valence-electron chi connectivity index (χ3n) is 5.37. The molecule has 2 aromatic carbocycles. The Morgan fingerprint density at radius 1 is 1.24 bits per heavy atom. The summed E-state index contributed by atoms with van der Waals surface area (Å²) in [6, 6.07) is 12.3. The van der Waals surface area contributed by atoms with Gasteiger partial charge in [0.05, 0.1) is 30.5 Å². The van der Waals surface area contributed by atoms with Crippen LogP contribution >= 0.6 is 0 Å². The molecule has 1 aliphatic rings. The number of aromatic nitrogens is 4. The van der Waals surface area contributed by atoms with Crippen molar-refractivity contribution in [2.75, 3.05) is 19.0 Å². The molecule has 5 rings (SSSR count). The van der Waals surface area contributed by atoms with Crippen molar-refractivity contribution in [3.05, 3.63) is 65.1 Å². The zero-order chi connectivity index (χ0) is 22.9. The predicted molar refractivity (Wildman–Crippen MR) is 119 cm³/mol. The highest BCUT2D eigenvalue weighted by atomic mass is 19.1. The van der Waals surface area contributed by atoms with Crippen molar-refractivity contribution < 1.29 is 18.7 Å². The SMILES string of the molecule is COc1nc2c(C(N)=O)cc(F)cc2n1-c1nc2c(c(NCc3ccccc3)n1)OCCC2. The van der Waals surface area contributed by atoms with E-state index in [1.165, 1.54) is 17.7 Å². The molecule has 1 amide bonds. The number of amides is 1. The van der Waals surface area contributed by atoms with Crippen molar-refractivity contribution in [1.82, 2.24) is 19.5 Å². The van der Waals surface area contributed by atoms with Crippen molar-refractivity contribution in [3.8, 4) is 17.7 Å². The standard InChI is InChI=1S/C23H21FN6O3/c1-32-23-28-18-15(20(25)31)10-14(24)11-17(18)30(23)22-27-16-8-5-9-33-19(16)21(29-22)26-12-13-6-3-2-4-7-13/h2-4,6-7,10-11H,5,8-9,12H2,1H3,(H2,25,31)(H,26,27,29). The van der Waals surface area contributed by atoms with Crippen LogP contribution in [0.15, 0.2) is 42.5 Å². The summed E-state index contributed by atoms with van der Waals surface area (Å²) in [5.41, 5.74) is 7.66. The van der Waals surface area contributed by atoms with Gasteiger partial charge in [-0.15, -0.1) is 0 Å². The van der Waals surface area contributed by atoms with Gasteiger partial charge in [0, 0.05) is 12.6 Å². The van der Waals surface area contributed by atoms with E-state index in [4.69, 9.17) is 15.2 Å². The summed E-state index contributed by atoms with van der Waals surface area (Å²) >= 11 is 0. The monoisotopic (exact) mass is 448 g/mol. The second-order valence-corrected chi connectivity index (χ2v) is 7.56. The molecule has 1 aliphatic heterocycles. The number of nitrogens with zero attached hydrogens (tertiary/aromatic N) is 4. The Balaban J connectivity index is 1.67. The molecule has 0 aliphatic carbocycles. The quantitative estimate of drug-likeness (QED) is 0.466. The van der Waals surface area contributed by atoms with Gasteiger partial charge in [0.15, 0.2) is 11.6 Å². The fourth-order valence-electron chi connectivity index (χ4n) is 3.86. The van der Waals surface area contributed by atoms with Crippen LogP contribution in [0.4, 0.5) is 10.2 Å². The number of nitrogens with one attached hydrogen (secondary N) is 1. The Labute approximate surface area is 188 Å². The Morgan fingerprint density at radius 3 is 2.82 bits per heavy atom. The van der Waals surface area contributed by atoms with Crippen LogP contribution < -0.4 is 20.5 Å². The molecule has 3 N–H and O–H groups in total. The molecule has 0 radical (unpaired) electrons. The highest BCUT2D eigenvalue weighted by Gasteiger charge is 2.25. The van der Waals surface area contributed by atoms with Gasteiger partial charge >= 0.3 is 6.01 Å². The molecule has 3 heterocycles. The normalized spacial score (nSPS) is 12.8. The lowest BCUT2D eigenvalue weighted by molar-refractivity contribution is 0.100. The number of ether oxygens (including phenoxy) is 2. The zero-order valence-corrected chi connectivity index (χ0v) is 17.8. The highest BCUT2D eigenvalue weighted by molar-refractivity contribution is 6.04. The summed E-state index contributed by atoms with van der Waals surface area (Å²) in [5.74, 6) is -0.113. The van der Waals surface area contributed by atoms with Crippen LogP contribution in [-0.4, -0.2) is 39.1 Å². The number of methoxy groups -OCH3 is 1. The van der Waals surface area contributed by atoms with Crippen molar-refractivity contribution >= 4 is 22.8 Å². The lowest BCUT2D eigenvalue weighted by Gasteiger charge is -2.21. The zero-order valence-electron chi connectivity index (χ0n) is 17.8. The van der Waals surface area contributed by atoms with Crippen molar-refractivity contribution in [2.45, 2.75) is 19.4 Å². The van der Waals surface area contributed by atoms with Crippen molar-refractivity contribution in [1.29, 1.82) is 0 Å². The number of aryl methyl sites for hydroxylation is 1. The van der Waals surface area contributed by atoms with Gasteiger partial charge in [-0.2, -0.15) is 9.97 Å². The van der Waals surface area contributed by atoms with Gasteiger partial charge in [-0.3, -0.25) is 4.79 Å². The summed E-state index contributed by atoms with van der Waals surface area (Å²) in [6.07, 6.45) is 1.50. The molecule has 0 fully saturated rings. The van der Waals surface area contributed by atoms with Crippen molar-refractivity contribution in [3.63, 3.8) is 0 Å². The Bertz CT molecular complexity index is 1360. The van der Waals surface area contributed by atoms with E-state index >= 15 is 0 Å². The van der Waals surface area contributed by atoms with Gasteiger partial charge in [-0.05, 0) is 24.5 Å². The van der Waals surface area contributed by atoms with Gasteiger partial charge in [-0.25, -0.2) is 13.9 Å². The second kappa shape index (κ2) is 8.38. The molecule has 4 aromatic rings. The number of fused-ring (bicyclic) bond motifs is 2. The number of carbonyl (C=O) groups excluding carboxylic acids is 1. The topological polar surface area (TPSA) is 117 Å². The van der Waals surface area contributed by atoms with E-state index in [0.29, 0.717) is 31.1 Å². The molecule has 10 heteroatoms. The molecular formula is C23H21FN6O3. The minimum Gasteiger partial charge on any atom is -0.488 e. The van der Waals surface area contributed by atoms with Gasteiger partial charge in [0.1, 0.15) is 11.3 Å². The van der Waals surface area contributed by atoms with Crippen LogP contribution in [0.25, 0.3) is 17.0 Å². The molecular weight excluding hydrogens is 427 g/mol. The van der Waals surface area contributed by atoms with E-state index in [1.54, 1.807) is 0 Å². The number of nitrogens with two attached hydrogens (primary N) is 1. The number of rotatable bonds is 6. The largest absolute Gasteiger partial charge is 0.488 e. The molecule has 0 bridgehead atoms. The molecule has 33 heavy (non-hydrogen) atoms. The first-order chi connectivity index (χ1) is 16.0. The fourth-order valence-corrected chi connectivity index (χ4v) is 3.86. The average molecular weight is 448 g/mol. The Hall–Kier alpha value is -4.21. The fraction of sp³-hybridized carbons (Fsp3) is 0.217. The summed E-state index contributed by atoms with van der Waals surface area (Å²) < 4.78 is 27.1. The van der Waals surface area contributed by atoms with E-state index in [9.17, 15) is 9.18 Å². The summed E-state index contributed by atoms with van der Waals surface area (Å²) in [7, 11) is 1.42. The molecule has 0 saturated carbocycles. The third kappa shape index (κ3) is 3.79. The number of anilines is 1. The lowest BCUT2D eigenvalue weighted by Crippen LogP contribution is -2.17. The maximum Gasteiger partial charge on any atom is 0.304 e. The van der Waals surface area contributed by atoms with E-state index in [1.807, 2.05) is 30.3 Å². The molecule has 0 saturated heterocycles. The summed E-state index contributed by atoms with van der Waals surface area (Å²) in [4.78, 5) is 25.6. The number of carbonyl (C=O) groups is 1. The number of halogens is 1. The first-order valence-corrected chi connectivity index (χ1v) is 10.4. The Kier molecular flexibility index (Phi) is 5.25. The molecule has 0 spiro atoms. The molecule has 2 aromatic heterocycles. The highest BCUT2D eigenvalue weighted by Crippen LogP contribution is 2.34. The molecule has 168 valence electrons. The molecule has 9 nitrogen and oxygen atoms in total. The average Bonchev–Trinajstić information content (AvgIpc) is 3.20. The number of hydrogen-bond acceptors (Lipinski definition) is 7. The minimum absolute atomic E-state index is 0.0502. The van der Waals surface area contributed by atoms with Crippen LogP contribution in [-0.2, 0) is 13.0 Å². The van der Waals surface area contributed by atoms with E-state index in [2.05, 4.69) is 20.3 Å². The first kappa shape index (κ1) is 20.7. The Morgan fingerprint density at radius 2 is 2.06 bits per heavy atom. The third-order valence-corrected chi connectivity index (χ3v) is 5.37. The molecule has 0 unspecified atom stereocenters. The smallest absolute Gasteiger partial charge is 0.304 e. The molecule has 0 atom stereocenters. The van der Waals surface area contributed by atoms with Crippen LogP contribution in [0.2, 0.25) is 0 Å². The van der Waals surface area contributed by atoms with Crippen LogP contribution in [0, 0.1) is 5.82 Å². The maximum absolute atomic E-state index is 14.4. The minimum atomic E-state index is -0.795. The van der Waals surface area contributed by atoms with Crippen LogP contribution in [0.3, 0.4) is 0 Å². The number of hydrogen-bond donors (Lipinski definition) is 2. The number of benzene rings is 2. The van der Waals surface area contributed by atoms with Crippen LogP contribution in [0.5, 0.6) is 11.8 Å². The summed E-state index contributed by atoms with van der Waals surface area (Å²) in [5, 5.41) is 3.32. The number of primary amides is 1. The van der Waals surface area contributed by atoms with Gasteiger partial charge in [-0.1, -0.05) is 30.3 Å². The van der Waals surface area contributed by atoms with E-state index < -0.39 is 11.7 Å². The van der Waals surface area contributed by atoms with Gasteiger partial charge in [0.2, 0.25) is 5.95 Å². The van der Waals surface area contributed by atoms with E-state index in [-0.39, 0.29) is 28.6 Å². The lowest BCUT2D eigenvalue weighted by atomic mass is 10.1. The van der Waals surface area contributed by atoms with Crippen LogP contribution in [0.1, 0.15) is 28.0 Å².